The summed E-state index contributed by atoms with van der Waals surface area (Å²) in [6.45, 7) is 1.84. The number of hydrogen-bond donors (Lipinski definition) is 1. The van der Waals surface area contributed by atoms with Gasteiger partial charge in [-0.05, 0) is 36.6 Å². The third kappa shape index (κ3) is 4.11. The number of carbonyl (C=O) groups excluding carboxylic acids is 2. The van der Waals surface area contributed by atoms with Gasteiger partial charge in [0.2, 0.25) is 0 Å². The van der Waals surface area contributed by atoms with E-state index in [0.29, 0.717) is 30.2 Å². The van der Waals surface area contributed by atoms with Crippen molar-refractivity contribution in [1.29, 1.82) is 0 Å². The van der Waals surface area contributed by atoms with Crippen molar-refractivity contribution in [2.45, 2.75) is 25.6 Å². The largest absolute Gasteiger partial charge is 0.482 e. The van der Waals surface area contributed by atoms with Gasteiger partial charge < -0.3 is 19.7 Å². The highest BCUT2D eigenvalue weighted by Crippen LogP contribution is 2.29. The van der Waals surface area contributed by atoms with Crippen LogP contribution >= 0.6 is 0 Å². The molecule has 2 aromatic rings. The maximum absolute atomic E-state index is 12.9. The number of ether oxygens (including phenoxy) is 2. The normalized spacial score (nSPS) is 19.0. The molecular formula is C21H22N2O4. The minimum Gasteiger partial charge on any atom is -0.482 e. The fraction of sp³-hybridized carbons (Fsp3) is 0.333. The molecule has 1 fully saturated rings. The van der Waals surface area contributed by atoms with Gasteiger partial charge in [-0.3, -0.25) is 9.59 Å². The number of nitrogens with zero attached hydrogens (tertiary/aromatic N) is 1. The lowest BCUT2D eigenvalue weighted by Crippen LogP contribution is -2.43. The van der Waals surface area contributed by atoms with Crippen molar-refractivity contribution in [3.8, 4) is 5.75 Å². The molecule has 0 aliphatic carbocycles. The molecule has 2 aliphatic rings. The predicted octanol–water partition coefficient (Wildman–Crippen LogP) is 2.84. The fourth-order valence-corrected chi connectivity index (χ4v) is 3.44. The fourth-order valence-electron chi connectivity index (χ4n) is 3.44. The summed E-state index contributed by atoms with van der Waals surface area (Å²) in [7, 11) is 0. The quantitative estimate of drug-likeness (QED) is 0.904. The number of piperidine rings is 1. The van der Waals surface area contributed by atoms with Crippen LogP contribution in [0.1, 0.15) is 28.8 Å². The van der Waals surface area contributed by atoms with Crippen molar-refractivity contribution < 1.29 is 19.1 Å². The van der Waals surface area contributed by atoms with Gasteiger partial charge in [-0.25, -0.2) is 0 Å². The number of amides is 2. The minimum atomic E-state index is -0.184. The molecule has 0 unspecified atom stereocenters. The predicted molar refractivity (Wildman–Crippen MR) is 101 cm³/mol. The van der Waals surface area contributed by atoms with Gasteiger partial charge in [0.05, 0.1) is 18.4 Å². The molecule has 140 valence electrons. The Kier molecular flexibility index (Phi) is 5.07. The van der Waals surface area contributed by atoms with E-state index in [2.05, 4.69) is 5.32 Å². The van der Waals surface area contributed by atoms with Crippen LogP contribution in [-0.2, 0) is 16.1 Å². The number of nitrogens with one attached hydrogen (secondary N) is 1. The lowest BCUT2D eigenvalue weighted by Gasteiger charge is -2.33. The van der Waals surface area contributed by atoms with Crippen molar-refractivity contribution in [2.24, 2.45) is 0 Å². The standard InChI is InChI=1S/C21H22N2O4/c24-20-14-27-19-11-16(8-9-18(19)22-20)21(25)23-10-4-7-17(12-23)26-13-15-5-2-1-3-6-15/h1-3,5-6,8-9,11,17H,4,7,10,12-14H2,(H,22,24)/t17-/m1/s1. The highest BCUT2D eigenvalue weighted by Gasteiger charge is 2.26. The monoisotopic (exact) mass is 366 g/mol. The van der Waals surface area contributed by atoms with Gasteiger partial charge in [0.25, 0.3) is 11.8 Å². The van der Waals surface area contributed by atoms with Crippen LogP contribution in [0.5, 0.6) is 5.75 Å². The number of likely N-dealkylation sites (tertiary alicyclic amines) is 1. The Morgan fingerprint density at radius 2 is 2.07 bits per heavy atom. The van der Waals surface area contributed by atoms with Crippen molar-refractivity contribution in [1.82, 2.24) is 4.90 Å². The zero-order valence-electron chi connectivity index (χ0n) is 15.0. The van der Waals surface area contributed by atoms with E-state index >= 15 is 0 Å². The van der Waals surface area contributed by atoms with E-state index < -0.39 is 0 Å². The maximum Gasteiger partial charge on any atom is 0.262 e. The highest BCUT2D eigenvalue weighted by molar-refractivity contribution is 5.99. The van der Waals surface area contributed by atoms with E-state index in [4.69, 9.17) is 9.47 Å². The molecule has 4 rings (SSSR count). The first-order valence-corrected chi connectivity index (χ1v) is 9.20. The summed E-state index contributed by atoms with van der Waals surface area (Å²) in [6, 6.07) is 15.2. The Hall–Kier alpha value is -2.86. The molecular weight excluding hydrogens is 344 g/mol. The van der Waals surface area contributed by atoms with Gasteiger partial charge in [0.15, 0.2) is 6.61 Å². The number of carbonyl (C=O) groups is 2. The number of fused-ring (bicyclic) bond motifs is 1. The molecule has 1 N–H and O–H groups in total. The molecule has 0 saturated carbocycles. The Balaban J connectivity index is 1.39. The highest BCUT2D eigenvalue weighted by atomic mass is 16.5. The second kappa shape index (κ2) is 7.80. The lowest BCUT2D eigenvalue weighted by atomic mass is 10.1. The molecule has 2 heterocycles. The van der Waals surface area contributed by atoms with Gasteiger partial charge >= 0.3 is 0 Å². The molecule has 0 radical (unpaired) electrons. The zero-order valence-corrected chi connectivity index (χ0v) is 15.0. The van der Waals surface area contributed by atoms with Crippen molar-refractivity contribution >= 4 is 17.5 Å². The summed E-state index contributed by atoms with van der Waals surface area (Å²) < 4.78 is 11.4. The molecule has 0 spiro atoms. The summed E-state index contributed by atoms with van der Waals surface area (Å²) in [5, 5.41) is 2.74. The Morgan fingerprint density at radius 1 is 1.22 bits per heavy atom. The molecule has 1 atom stereocenters. The SMILES string of the molecule is O=C1COc2cc(C(=O)N3CCC[C@@H](OCc4ccccc4)C3)ccc2N1. The first-order valence-electron chi connectivity index (χ1n) is 9.20. The minimum absolute atomic E-state index is 0.0240. The molecule has 2 amide bonds. The summed E-state index contributed by atoms with van der Waals surface area (Å²) in [5.74, 6) is 0.316. The maximum atomic E-state index is 12.9. The second-order valence-electron chi connectivity index (χ2n) is 6.86. The average Bonchev–Trinajstić information content (AvgIpc) is 2.72. The summed E-state index contributed by atoms with van der Waals surface area (Å²) >= 11 is 0. The van der Waals surface area contributed by atoms with Crippen LogP contribution in [0.3, 0.4) is 0 Å². The molecule has 27 heavy (non-hydrogen) atoms. The van der Waals surface area contributed by atoms with E-state index in [9.17, 15) is 9.59 Å². The van der Waals surface area contributed by atoms with Crippen LogP contribution in [-0.4, -0.2) is 42.5 Å². The first-order chi connectivity index (χ1) is 13.2. The zero-order chi connectivity index (χ0) is 18.6. The van der Waals surface area contributed by atoms with Crippen LogP contribution in [0.4, 0.5) is 5.69 Å². The molecule has 2 aliphatic heterocycles. The third-order valence-electron chi connectivity index (χ3n) is 4.86. The number of rotatable bonds is 4. The van der Waals surface area contributed by atoms with Gasteiger partial charge in [-0.1, -0.05) is 30.3 Å². The number of hydrogen-bond acceptors (Lipinski definition) is 4. The van der Waals surface area contributed by atoms with Crippen LogP contribution in [0, 0.1) is 0 Å². The van der Waals surface area contributed by atoms with E-state index in [0.717, 1.165) is 24.9 Å². The number of anilines is 1. The first kappa shape index (κ1) is 17.5. The second-order valence-corrected chi connectivity index (χ2v) is 6.86. The Bertz CT molecular complexity index is 837. The molecule has 6 heteroatoms. The van der Waals surface area contributed by atoms with Gasteiger partial charge in [-0.15, -0.1) is 0 Å². The van der Waals surface area contributed by atoms with E-state index in [1.165, 1.54) is 0 Å². The Labute approximate surface area is 158 Å². The van der Waals surface area contributed by atoms with Crippen LogP contribution in [0.15, 0.2) is 48.5 Å². The van der Waals surface area contributed by atoms with Crippen molar-refractivity contribution in [3.05, 3.63) is 59.7 Å². The molecule has 6 nitrogen and oxygen atoms in total. The molecule has 1 saturated heterocycles. The van der Waals surface area contributed by atoms with E-state index in [1.807, 2.05) is 35.2 Å². The molecule has 0 aromatic heterocycles. The van der Waals surface area contributed by atoms with Gasteiger partial charge in [0, 0.05) is 18.7 Å². The van der Waals surface area contributed by atoms with Crippen LogP contribution in [0.25, 0.3) is 0 Å². The molecule has 0 bridgehead atoms. The van der Waals surface area contributed by atoms with Crippen LogP contribution < -0.4 is 10.1 Å². The summed E-state index contributed by atoms with van der Waals surface area (Å²) in [6.07, 6.45) is 1.91. The summed E-state index contributed by atoms with van der Waals surface area (Å²) in [5.41, 5.74) is 2.30. The van der Waals surface area contributed by atoms with E-state index in [1.54, 1.807) is 18.2 Å². The topological polar surface area (TPSA) is 67.9 Å². The third-order valence-corrected chi connectivity index (χ3v) is 4.86. The summed E-state index contributed by atoms with van der Waals surface area (Å²) in [4.78, 5) is 26.1. The van der Waals surface area contributed by atoms with E-state index in [-0.39, 0.29) is 24.5 Å². The lowest BCUT2D eigenvalue weighted by molar-refractivity contribution is -0.118. The molecule has 2 aromatic carbocycles. The van der Waals surface area contributed by atoms with Crippen molar-refractivity contribution in [2.75, 3.05) is 25.0 Å². The van der Waals surface area contributed by atoms with Crippen molar-refractivity contribution in [3.63, 3.8) is 0 Å². The Morgan fingerprint density at radius 3 is 2.93 bits per heavy atom. The number of benzene rings is 2. The van der Waals surface area contributed by atoms with Gasteiger partial charge in [-0.2, -0.15) is 0 Å². The average molecular weight is 366 g/mol. The van der Waals surface area contributed by atoms with Crippen LogP contribution in [0.2, 0.25) is 0 Å². The van der Waals surface area contributed by atoms with Gasteiger partial charge in [0.1, 0.15) is 5.75 Å². The smallest absolute Gasteiger partial charge is 0.262 e.